The zero-order valence-electron chi connectivity index (χ0n) is 10.8. The third-order valence-corrected chi connectivity index (χ3v) is 3.76. The third-order valence-electron chi connectivity index (χ3n) is 3.76. The number of aliphatic hydroxyl groups is 1. The van der Waals surface area contributed by atoms with E-state index in [0.717, 1.165) is 32.2 Å². The molecule has 2 unspecified atom stereocenters. The lowest BCUT2D eigenvalue weighted by atomic mass is 9.87. The van der Waals surface area contributed by atoms with Gasteiger partial charge in [0.2, 0.25) is 5.91 Å². The number of nitrogens with zero attached hydrogens (tertiary/aromatic N) is 2. The molecule has 1 aliphatic heterocycles. The van der Waals surface area contributed by atoms with Crippen LogP contribution in [-0.4, -0.2) is 35.1 Å². The molecule has 0 aromatic carbocycles. The van der Waals surface area contributed by atoms with E-state index in [1.54, 1.807) is 6.92 Å². The van der Waals surface area contributed by atoms with Crippen molar-refractivity contribution in [3.8, 4) is 6.07 Å². The summed E-state index contributed by atoms with van der Waals surface area (Å²) in [6.07, 6.45) is 4.12. The largest absolute Gasteiger partial charge is 0.396 e. The Hall–Kier alpha value is -1.08. The van der Waals surface area contributed by atoms with Crippen LogP contribution in [0.5, 0.6) is 0 Å². The number of nitriles is 1. The van der Waals surface area contributed by atoms with Crippen molar-refractivity contribution in [2.24, 2.45) is 5.41 Å². The number of carbonyl (C=O) groups is 1. The summed E-state index contributed by atoms with van der Waals surface area (Å²) >= 11 is 0. The van der Waals surface area contributed by atoms with Gasteiger partial charge in [0.05, 0.1) is 6.07 Å². The van der Waals surface area contributed by atoms with Crippen molar-refractivity contribution >= 4 is 5.91 Å². The smallest absolute Gasteiger partial charge is 0.242 e. The number of hydrogen-bond donors (Lipinski definition) is 1. The van der Waals surface area contributed by atoms with Gasteiger partial charge in [-0.3, -0.25) is 4.79 Å². The molecule has 1 aliphatic rings. The van der Waals surface area contributed by atoms with E-state index in [1.807, 2.05) is 11.8 Å². The van der Waals surface area contributed by atoms with Crippen LogP contribution in [0.25, 0.3) is 0 Å². The van der Waals surface area contributed by atoms with Crippen LogP contribution in [0.15, 0.2) is 0 Å². The fraction of sp³-hybridized carbons (Fsp3) is 0.846. The second-order valence-corrected chi connectivity index (χ2v) is 4.96. The summed E-state index contributed by atoms with van der Waals surface area (Å²) in [5.74, 6) is -0.0389. The number of rotatable bonds is 5. The van der Waals surface area contributed by atoms with Crippen LogP contribution in [0.2, 0.25) is 0 Å². The lowest BCUT2D eigenvalue weighted by molar-refractivity contribution is -0.139. The Morgan fingerprint density at radius 3 is 2.88 bits per heavy atom. The second kappa shape index (κ2) is 6.02. The van der Waals surface area contributed by atoms with Crippen LogP contribution < -0.4 is 0 Å². The number of amides is 1. The van der Waals surface area contributed by atoms with Gasteiger partial charge >= 0.3 is 0 Å². The van der Waals surface area contributed by atoms with Crippen LogP contribution in [0.3, 0.4) is 0 Å². The number of aliphatic hydroxyl groups excluding tert-OH is 1. The summed E-state index contributed by atoms with van der Waals surface area (Å²) in [4.78, 5) is 14.2. The molecular weight excluding hydrogens is 216 g/mol. The van der Waals surface area contributed by atoms with E-state index in [1.165, 1.54) is 0 Å². The van der Waals surface area contributed by atoms with Gasteiger partial charge < -0.3 is 10.0 Å². The lowest BCUT2D eigenvalue weighted by Crippen LogP contribution is -2.44. The van der Waals surface area contributed by atoms with Gasteiger partial charge in [0.1, 0.15) is 5.41 Å². The maximum atomic E-state index is 12.3. The summed E-state index contributed by atoms with van der Waals surface area (Å²) in [7, 11) is 0. The van der Waals surface area contributed by atoms with Crippen molar-refractivity contribution in [3.63, 3.8) is 0 Å². The number of hydrogen-bond acceptors (Lipinski definition) is 3. The summed E-state index contributed by atoms with van der Waals surface area (Å²) < 4.78 is 0. The second-order valence-electron chi connectivity index (χ2n) is 4.96. The highest BCUT2D eigenvalue weighted by atomic mass is 16.3. The Labute approximate surface area is 103 Å². The van der Waals surface area contributed by atoms with E-state index >= 15 is 0 Å². The molecule has 1 fully saturated rings. The maximum Gasteiger partial charge on any atom is 0.242 e. The molecular formula is C13H22N2O2. The molecule has 1 rings (SSSR count). The molecule has 4 heteroatoms. The van der Waals surface area contributed by atoms with Gasteiger partial charge in [0.15, 0.2) is 0 Å². The van der Waals surface area contributed by atoms with Gasteiger partial charge in [0.25, 0.3) is 0 Å². The van der Waals surface area contributed by atoms with Crippen LogP contribution in [-0.2, 0) is 4.79 Å². The van der Waals surface area contributed by atoms with Gasteiger partial charge in [-0.1, -0.05) is 6.92 Å². The molecule has 2 atom stereocenters. The summed E-state index contributed by atoms with van der Waals surface area (Å²) in [6.45, 7) is 4.52. The summed E-state index contributed by atoms with van der Waals surface area (Å²) in [5.41, 5.74) is -0.887. The van der Waals surface area contributed by atoms with Crippen molar-refractivity contribution < 1.29 is 9.90 Å². The highest BCUT2D eigenvalue weighted by molar-refractivity contribution is 5.85. The summed E-state index contributed by atoms with van der Waals surface area (Å²) in [6, 6.07) is 2.36. The first-order valence-electron chi connectivity index (χ1n) is 6.42. The molecule has 0 aromatic rings. The number of likely N-dealkylation sites (tertiary alicyclic amines) is 1. The molecule has 0 spiro atoms. The molecule has 1 N–H and O–H groups in total. The highest BCUT2D eigenvalue weighted by Gasteiger charge is 2.39. The van der Waals surface area contributed by atoms with Gasteiger partial charge in [0, 0.05) is 19.2 Å². The Kier molecular flexibility index (Phi) is 4.95. The minimum Gasteiger partial charge on any atom is -0.396 e. The van der Waals surface area contributed by atoms with Crippen molar-refractivity contribution in [3.05, 3.63) is 0 Å². The quantitative estimate of drug-likeness (QED) is 0.792. The van der Waals surface area contributed by atoms with E-state index in [0.29, 0.717) is 6.42 Å². The molecule has 4 nitrogen and oxygen atoms in total. The fourth-order valence-electron chi connectivity index (χ4n) is 2.33. The Morgan fingerprint density at radius 1 is 1.65 bits per heavy atom. The molecule has 0 saturated carbocycles. The van der Waals surface area contributed by atoms with Crippen LogP contribution in [0, 0.1) is 16.7 Å². The Balaban J connectivity index is 2.71. The first-order valence-corrected chi connectivity index (χ1v) is 6.42. The Morgan fingerprint density at radius 2 is 2.35 bits per heavy atom. The minimum atomic E-state index is -0.887. The van der Waals surface area contributed by atoms with E-state index in [-0.39, 0.29) is 18.6 Å². The van der Waals surface area contributed by atoms with Crippen molar-refractivity contribution in [1.29, 1.82) is 5.26 Å². The van der Waals surface area contributed by atoms with Gasteiger partial charge in [-0.05, 0) is 39.0 Å². The van der Waals surface area contributed by atoms with Crippen LogP contribution in [0.4, 0.5) is 0 Å². The Bertz CT molecular complexity index is 311. The van der Waals surface area contributed by atoms with Crippen LogP contribution in [0.1, 0.15) is 46.0 Å². The van der Waals surface area contributed by atoms with Crippen molar-refractivity contribution in [1.82, 2.24) is 4.90 Å². The average molecular weight is 238 g/mol. The molecule has 96 valence electrons. The predicted molar refractivity (Wildman–Crippen MR) is 65.1 cm³/mol. The van der Waals surface area contributed by atoms with Gasteiger partial charge in [-0.2, -0.15) is 5.26 Å². The van der Waals surface area contributed by atoms with E-state index in [2.05, 4.69) is 6.07 Å². The number of carbonyl (C=O) groups excluding carboxylic acids is 1. The average Bonchev–Trinajstić information content (AvgIpc) is 2.82. The maximum absolute atomic E-state index is 12.3. The highest BCUT2D eigenvalue weighted by Crippen LogP contribution is 2.29. The minimum absolute atomic E-state index is 0.0389. The van der Waals surface area contributed by atoms with E-state index in [9.17, 15) is 4.79 Å². The molecule has 0 aliphatic carbocycles. The van der Waals surface area contributed by atoms with Crippen molar-refractivity contribution in [2.75, 3.05) is 13.2 Å². The zero-order valence-corrected chi connectivity index (χ0v) is 10.8. The van der Waals surface area contributed by atoms with Gasteiger partial charge in [-0.25, -0.2) is 0 Å². The topological polar surface area (TPSA) is 64.3 Å². The van der Waals surface area contributed by atoms with Crippen molar-refractivity contribution in [2.45, 2.75) is 52.0 Å². The third kappa shape index (κ3) is 2.98. The SMILES string of the molecule is CCC(C)(C#N)C(=O)N1CCCC1CCCO. The molecule has 0 aromatic heterocycles. The molecule has 1 amide bonds. The van der Waals surface area contributed by atoms with E-state index < -0.39 is 5.41 Å². The normalized spacial score (nSPS) is 23.2. The molecule has 0 bridgehead atoms. The summed E-state index contributed by atoms with van der Waals surface area (Å²) in [5, 5.41) is 18.0. The van der Waals surface area contributed by atoms with E-state index in [4.69, 9.17) is 10.4 Å². The first kappa shape index (κ1) is 14.0. The lowest BCUT2D eigenvalue weighted by Gasteiger charge is -2.30. The monoisotopic (exact) mass is 238 g/mol. The van der Waals surface area contributed by atoms with Gasteiger partial charge in [-0.15, -0.1) is 0 Å². The van der Waals surface area contributed by atoms with Crippen LogP contribution >= 0.6 is 0 Å². The zero-order chi connectivity index (χ0) is 12.9. The molecule has 17 heavy (non-hydrogen) atoms. The predicted octanol–water partition coefficient (Wildman–Crippen LogP) is 1.69. The first-order chi connectivity index (χ1) is 8.09. The fourth-order valence-corrected chi connectivity index (χ4v) is 2.33. The molecule has 0 radical (unpaired) electrons. The molecule has 1 saturated heterocycles. The molecule has 1 heterocycles. The standard InChI is InChI=1S/C13H22N2O2/c1-3-13(2,10-14)12(17)15-8-4-6-11(15)7-5-9-16/h11,16H,3-9H2,1-2H3.